The number of hydrogen-bond acceptors (Lipinski definition) is 4. The Balaban J connectivity index is 2.22. The topological polar surface area (TPSA) is 50.7 Å². The highest BCUT2D eigenvalue weighted by atomic mass is 16.6. The van der Waals surface area contributed by atoms with Crippen LogP contribution in [-0.2, 0) is 4.74 Å². The molecule has 1 aliphatic heterocycles. The quantitative estimate of drug-likeness (QED) is 0.813. The van der Waals surface area contributed by atoms with Crippen LogP contribution in [0.1, 0.15) is 25.0 Å². The zero-order valence-electron chi connectivity index (χ0n) is 9.51. The van der Waals surface area contributed by atoms with Crippen LogP contribution in [0.3, 0.4) is 0 Å². The second-order valence-corrected chi connectivity index (χ2v) is 3.87. The monoisotopic (exact) mass is 223 g/mol. The predicted octanol–water partition coefficient (Wildman–Crippen LogP) is 1.41. The van der Waals surface area contributed by atoms with Crippen molar-refractivity contribution in [3.63, 3.8) is 0 Å². The van der Waals surface area contributed by atoms with Gasteiger partial charge in [0, 0.05) is 6.04 Å². The van der Waals surface area contributed by atoms with Crippen LogP contribution >= 0.6 is 0 Å². The molecule has 4 nitrogen and oxygen atoms in total. The summed E-state index contributed by atoms with van der Waals surface area (Å²) in [6, 6.07) is 7.88. The summed E-state index contributed by atoms with van der Waals surface area (Å²) in [5.74, 6) is 0.803. The lowest BCUT2D eigenvalue weighted by Gasteiger charge is -2.16. The largest absolute Gasteiger partial charge is 0.497 e. The van der Waals surface area contributed by atoms with Gasteiger partial charge in [-0.2, -0.15) is 0 Å². The lowest BCUT2D eigenvalue weighted by atomic mass is 10.0. The highest BCUT2D eigenvalue weighted by molar-refractivity contribution is 5.31. The van der Waals surface area contributed by atoms with E-state index in [0.29, 0.717) is 0 Å². The summed E-state index contributed by atoms with van der Waals surface area (Å²) in [6.07, 6.45) is -0.0879. The molecule has 0 radical (unpaired) electrons. The van der Waals surface area contributed by atoms with Crippen molar-refractivity contribution < 1.29 is 14.6 Å². The first-order chi connectivity index (χ1) is 7.74. The fourth-order valence-electron chi connectivity index (χ4n) is 2.00. The minimum Gasteiger partial charge on any atom is -0.497 e. The van der Waals surface area contributed by atoms with Crippen LogP contribution in [0, 0.1) is 0 Å². The maximum absolute atomic E-state index is 9.42. The van der Waals surface area contributed by atoms with Crippen molar-refractivity contribution in [2.75, 3.05) is 7.11 Å². The van der Waals surface area contributed by atoms with Gasteiger partial charge in [-0.1, -0.05) is 19.1 Å². The predicted molar refractivity (Wildman–Crippen MR) is 60.0 cm³/mol. The number of aliphatic hydroxyl groups excluding tert-OH is 1. The molecule has 1 aromatic rings. The minimum absolute atomic E-state index is 0.116. The van der Waals surface area contributed by atoms with E-state index in [1.165, 1.54) is 0 Å². The molecule has 2 unspecified atom stereocenters. The normalized spacial score (nSPS) is 29.3. The molecule has 0 aliphatic carbocycles. The fraction of sp³-hybridized carbons (Fsp3) is 0.500. The minimum atomic E-state index is -0.874. The van der Waals surface area contributed by atoms with Crippen molar-refractivity contribution in [2.45, 2.75) is 31.9 Å². The maximum atomic E-state index is 9.42. The third kappa shape index (κ3) is 2.19. The average Bonchev–Trinajstić information content (AvgIpc) is 2.70. The number of rotatable bonds is 3. The number of aliphatic hydroxyl groups is 1. The standard InChI is InChI=1S/C12H17NO3/c1-3-10-11(16-12(14)13-10)8-5-4-6-9(7-8)15-2/h4-7,10-14H,3H2,1-2H3/t10?,11-,12?/m0/s1. The van der Waals surface area contributed by atoms with Crippen LogP contribution in [0.25, 0.3) is 0 Å². The average molecular weight is 223 g/mol. The van der Waals surface area contributed by atoms with Crippen molar-refractivity contribution in [2.24, 2.45) is 0 Å². The van der Waals surface area contributed by atoms with E-state index in [0.717, 1.165) is 17.7 Å². The number of hydrogen-bond donors (Lipinski definition) is 2. The Morgan fingerprint density at radius 3 is 3.00 bits per heavy atom. The molecule has 0 aromatic heterocycles. The molecule has 1 saturated heterocycles. The SMILES string of the molecule is CCC1NC(O)O[C@H]1c1cccc(OC)c1. The molecule has 1 aromatic carbocycles. The second-order valence-electron chi connectivity index (χ2n) is 3.87. The van der Waals surface area contributed by atoms with E-state index in [2.05, 4.69) is 12.2 Å². The third-order valence-corrected chi connectivity index (χ3v) is 2.86. The Kier molecular flexibility index (Phi) is 3.43. The van der Waals surface area contributed by atoms with Gasteiger partial charge >= 0.3 is 0 Å². The molecule has 0 spiro atoms. The zero-order valence-corrected chi connectivity index (χ0v) is 9.51. The highest BCUT2D eigenvalue weighted by Crippen LogP contribution is 2.30. The molecule has 1 fully saturated rings. The van der Waals surface area contributed by atoms with Gasteiger partial charge in [-0.25, -0.2) is 0 Å². The molecule has 1 aliphatic rings. The van der Waals surface area contributed by atoms with Crippen LogP contribution in [0.15, 0.2) is 24.3 Å². The Hall–Kier alpha value is -1.10. The van der Waals surface area contributed by atoms with Gasteiger partial charge in [0.2, 0.25) is 6.41 Å². The smallest absolute Gasteiger partial charge is 0.214 e. The number of benzene rings is 1. The lowest BCUT2D eigenvalue weighted by Crippen LogP contribution is -2.30. The highest BCUT2D eigenvalue weighted by Gasteiger charge is 2.33. The maximum Gasteiger partial charge on any atom is 0.214 e. The van der Waals surface area contributed by atoms with E-state index in [-0.39, 0.29) is 12.1 Å². The molecule has 2 N–H and O–H groups in total. The van der Waals surface area contributed by atoms with Crippen molar-refractivity contribution in [1.82, 2.24) is 5.32 Å². The molecule has 0 bridgehead atoms. The fourth-order valence-corrected chi connectivity index (χ4v) is 2.00. The summed E-state index contributed by atoms with van der Waals surface area (Å²) < 4.78 is 10.6. The van der Waals surface area contributed by atoms with E-state index < -0.39 is 6.41 Å². The van der Waals surface area contributed by atoms with E-state index in [1.807, 2.05) is 24.3 Å². The van der Waals surface area contributed by atoms with E-state index in [1.54, 1.807) is 7.11 Å². The molecule has 0 amide bonds. The zero-order chi connectivity index (χ0) is 11.5. The van der Waals surface area contributed by atoms with Gasteiger partial charge in [-0.15, -0.1) is 0 Å². The number of methoxy groups -OCH3 is 1. The summed E-state index contributed by atoms with van der Waals surface area (Å²) in [4.78, 5) is 0. The Labute approximate surface area is 95.2 Å². The molecule has 4 heteroatoms. The van der Waals surface area contributed by atoms with E-state index in [4.69, 9.17) is 9.47 Å². The molecule has 1 heterocycles. The molecule has 0 saturated carbocycles. The van der Waals surface area contributed by atoms with E-state index >= 15 is 0 Å². The molecular formula is C12H17NO3. The van der Waals surface area contributed by atoms with Gasteiger partial charge < -0.3 is 14.6 Å². The van der Waals surface area contributed by atoms with Crippen LogP contribution in [0.5, 0.6) is 5.75 Å². The van der Waals surface area contributed by atoms with Gasteiger partial charge in [0.25, 0.3) is 0 Å². The van der Waals surface area contributed by atoms with Crippen molar-refractivity contribution in [1.29, 1.82) is 0 Å². The summed E-state index contributed by atoms with van der Waals surface area (Å²) in [5, 5.41) is 12.4. The molecule has 88 valence electrons. The summed E-state index contributed by atoms with van der Waals surface area (Å²) in [6.45, 7) is 2.06. The molecule has 16 heavy (non-hydrogen) atoms. The van der Waals surface area contributed by atoms with Crippen LogP contribution < -0.4 is 10.1 Å². The van der Waals surface area contributed by atoms with Crippen LogP contribution in [0.4, 0.5) is 0 Å². The third-order valence-electron chi connectivity index (χ3n) is 2.86. The van der Waals surface area contributed by atoms with E-state index in [9.17, 15) is 5.11 Å². The van der Waals surface area contributed by atoms with Gasteiger partial charge in [0.1, 0.15) is 11.9 Å². The van der Waals surface area contributed by atoms with Gasteiger partial charge in [0.15, 0.2) is 0 Å². The van der Waals surface area contributed by atoms with Gasteiger partial charge in [-0.3, -0.25) is 5.32 Å². The summed E-state index contributed by atoms with van der Waals surface area (Å²) in [7, 11) is 1.64. The molecule has 2 rings (SSSR count). The van der Waals surface area contributed by atoms with Crippen molar-refractivity contribution in [3.05, 3.63) is 29.8 Å². The molecular weight excluding hydrogens is 206 g/mol. The first-order valence-electron chi connectivity index (χ1n) is 5.48. The van der Waals surface area contributed by atoms with Crippen molar-refractivity contribution in [3.8, 4) is 5.75 Å². The van der Waals surface area contributed by atoms with Gasteiger partial charge in [0.05, 0.1) is 7.11 Å². The molecule has 3 atom stereocenters. The van der Waals surface area contributed by atoms with Crippen LogP contribution in [-0.4, -0.2) is 24.7 Å². The summed E-state index contributed by atoms with van der Waals surface area (Å²) >= 11 is 0. The first kappa shape index (κ1) is 11.4. The number of ether oxygens (including phenoxy) is 2. The van der Waals surface area contributed by atoms with Gasteiger partial charge in [-0.05, 0) is 24.1 Å². The lowest BCUT2D eigenvalue weighted by molar-refractivity contribution is -0.102. The Morgan fingerprint density at radius 1 is 1.50 bits per heavy atom. The Bertz CT molecular complexity index is 356. The Morgan fingerprint density at radius 2 is 2.31 bits per heavy atom. The first-order valence-corrected chi connectivity index (χ1v) is 5.48. The summed E-state index contributed by atoms with van der Waals surface area (Å²) in [5.41, 5.74) is 1.02. The second kappa shape index (κ2) is 4.82. The number of nitrogens with one attached hydrogen (secondary N) is 1. The van der Waals surface area contributed by atoms with Crippen LogP contribution in [0.2, 0.25) is 0 Å². The van der Waals surface area contributed by atoms with Crippen molar-refractivity contribution >= 4 is 0 Å².